The van der Waals surface area contributed by atoms with Gasteiger partial charge < -0.3 is 10.1 Å². The van der Waals surface area contributed by atoms with E-state index >= 15 is 0 Å². The zero-order chi connectivity index (χ0) is 25.4. The van der Waals surface area contributed by atoms with Crippen molar-refractivity contribution in [3.63, 3.8) is 0 Å². The van der Waals surface area contributed by atoms with E-state index in [1.54, 1.807) is 48.2 Å². The molecule has 1 N–H and O–H groups in total. The first-order valence-electron chi connectivity index (χ1n) is 10.4. The van der Waals surface area contributed by atoms with Gasteiger partial charge in [0.25, 0.3) is 10.0 Å². The smallest absolute Gasteiger partial charge is 0.264 e. The normalized spacial score (nSPS) is 11.2. The molecule has 186 valence electrons. The van der Waals surface area contributed by atoms with Gasteiger partial charge in [-0.15, -0.1) is 0 Å². The second kappa shape index (κ2) is 12.7. The molecular weight excluding hydrogens is 551 g/mol. The van der Waals surface area contributed by atoms with Crippen molar-refractivity contribution < 1.29 is 17.9 Å². The lowest BCUT2D eigenvalue weighted by Gasteiger charge is -2.24. The van der Waals surface area contributed by atoms with E-state index in [0.717, 1.165) is 9.87 Å². The highest BCUT2D eigenvalue weighted by atomic mass is 35.5. The summed E-state index contributed by atoms with van der Waals surface area (Å²) in [6.45, 7) is -0.0369. The van der Waals surface area contributed by atoms with Gasteiger partial charge in [-0.3, -0.25) is 9.10 Å². The number of methoxy groups -OCH3 is 1. The fraction of sp³-hybridized carbons (Fsp3) is 0.208. The molecule has 3 aromatic carbocycles. The number of hydrogen-bond acceptors (Lipinski definition) is 5. The van der Waals surface area contributed by atoms with Crippen LogP contribution in [0.15, 0.2) is 71.6 Å². The minimum Gasteiger partial charge on any atom is -0.495 e. The number of nitrogens with zero attached hydrogens (tertiary/aromatic N) is 1. The molecule has 0 aliphatic rings. The Morgan fingerprint density at radius 2 is 1.71 bits per heavy atom. The van der Waals surface area contributed by atoms with E-state index in [1.807, 2.05) is 12.1 Å². The van der Waals surface area contributed by atoms with Crippen LogP contribution in [0.25, 0.3) is 0 Å². The molecular formula is C24H23Cl3N2O4S2. The van der Waals surface area contributed by atoms with Gasteiger partial charge in [-0.05, 0) is 48.0 Å². The standard InChI is InChI=1S/C24H23Cl3N2O4S2/c1-33-23-10-8-18(14-22(23)27)29(35(31,32)19-5-3-2-4-6-19)15-24(30)28-11-12-34-16-17-7-9-20(25)21(26)13-17/h2-10,13-14H,11-12,15-16H2,1H3,(H,28,30). The van der Waals surface area contributed by atoms with Gasteiger partial charge in [0.1, 0.15) is 12.3 Å². The van der Waals surface area contributed by atoms with Gasteiger partial charge in [0, 0.05) is 18.1 Å². The molecule has 3 aromatic rings. The third-order valence-corrected chi connectivity index (χ3v) is 8.72. The Balaban J connectivity index is 1.66. The largest absolute Gasteiger partial charge is 0.495 e. The number of halogens is 3. The summed E-state index contributed by atoms with van der Waals surface area (Å²) in [7, 11) is -2.56. The molecule has 0 aromatic heterocycles. The molecule has 0 aliphatic carbocycles. The average molecular weight is 574 g/mol. The van der Waals surface area contributed by atoms with Crippen LogP contribution < -0.4 is 14.4 Å². The Morgan fingerprint density at radius 1 is 0.971 bits per heavy atom. The summed E-state index contributed by atoms with van der Waals surface area (Å²) in [6, 6.07) is 17.9. The van der Waals surface area contributed by atoms with E-state index in [1.165, 1.54) is 25.3 Å². The van der Waals surface area contributed by atoms with Crippen LogP contribution in [0.3, 0.4) is 0 Å². The van der Waals surface area contributed by atoms with E-state index < -0.39 is 22.5 Å². The fourth-order valence-electron chi connectivity index (χ4n) is 3.11. The summed E-state index contributed by atoms with van der Waals surface area (Å²) in [4.78, 5) is 12.8. The molecule has 3 rings (SSSR count). The van der Waals surface area contributed by atoms with Gasteiger partial charge in [-0.25, -0.2) is 8.42 Å². The maximum Gasteiger partial charge on any atom is 0.264 e. The average Bonchev–Trinajstić information content (AvgIpc) is 2.85. The molecule has 0 fully saturated rings. The second-order valence-electron chi connectivity index (χ2n) is 7.29. The number of carbonyl (C=O) groups excluding carboxylic acids is 1. The highest BCUT2D eigenvalue weighted by molar-refractivity contribution is 7.98. The monoisotopic (exact) mass is 572 g/mol. The number of anilines is 1. The first-order valence-corrected chi connectivity index (χ1v) is 14.1. The first-order chi connectivity index (χ1) is 16.7. The molecule has 0 saturated heterocycles. The third-order valence-electron chi connectivity index (χ3n) is 4.86. The molecule has 0 bridgehead atoms. The minimum atomic E-state index is -4.02. The van der Waals surface area contributed by atoms with Crippen LogP contribution in [0.2, 0.25) is 15.1 Å². The van der Waals surface area contributed by atoms with Gasteiger partial charge in [-0.1, -0.05) is 59.1 Å². The quantitative estimate of drug-likeness (QED) is 0.289. The number of sulfonamides is 1. The Kier molecular flexibility index (Phi) is 10.0. The molecule has 0 unspecified atom stereocenters. The van der Waals surface area contributed by atoms with Crippen LogP contribution in [0.4, 0.5) is 5.69 Å². The van der Waals surface area contributed by atoms with Crippen molar-refractivity contribution in [3.05, 3.63) is 87.4 Å². The van der Waals surface area contributed by atoms with Crippen molar-refractivity contribution >= 4 is 68.2 Å². The fourth-order valence-corrected chi connectivity index (χ4v) is 5.93. The van der Waals surface area contributed by atoms with Crippen LogP contribution in [0.1, 0.15) is 5.56 Å². The number of benzene rings is 3. The molecule has 0 spiro atoms. The zero-order valence-electron chi connectivity index (χ0n) is 18.7. The van der Waals surface area contributed by atoms with Crippen molar-refractivity contribution in [2.45, 2.75) is 10.6 Å². The summed E-state index contributed by atoms with van der Waals surface area (Å²) in [5, 5.41) is 4.01. The van der Waals surface area contributed by atoms with Gasteiger partial charge in [-0.2, -0.15) is 11.8 Å². The lowest BCUT2D eigenvalue weighted by atomic mass is 10.2. The molecule has 11 heteroatoms. The third kappa shape index (κ3) is 7.44. The van der Waals surface area contributed by atoms with Crippen LogP contribution in [0, 0.1) is 0 Å². The number of amides is 1. The Bertz CT molecular complexity index is 1280. The molecule has 0 saturated carbocycles. The zero-order valence-corrected chi connectivity index (χ0v) is 22.6. The van der Waals surface area contributed by atoms with Crippen LogP contribution in [-0.2, 0) is 20.6 Å². The summed E-state index contributed by atoms with van der Waals surface area (Å²) in [6.07, 6.45) is 0. The predicted octanol–water partition coefficient (Wildman–Crippen LogP) is 5.90. The number of hydrogen-bond donors (Lipinski definition) is 1. The Hall–Kier alpha value is -2.10. The summed E-state index contributed by atoms with van der Waals surface area (Å²) >= 11 is 19.8. The van der Waals surface area contributed by atoms with Gasteiger partial charge in [0.2, 0.25) is 5.91 Å². The van der Waals surface area contributed by atoms with Crippen LogP contribution in [0.5, 0.6) is 5.75 Å². The molecule has 0 radical (unpaired) electrons. The van der Waals surface area contributed by atoms with Gasteiger partial charge >= 0.3 is 0 Å². The van der Waals surface area contributed by atoms with Crippen LogP contribution >= 0.6 is 46.6 Å². The molecule has 6 nitrogen and oxygen atoms in total. The predicted molar refractivity (Wildman–Crippen MR) is 145 cm³/mol. The first kappa shape index (κ1) is 27.5. The summed E-state index contributed by atoms with van der Waals surface area (Å²) < 4.78 is 32.9. The second-order valence-corrected chi connectivity index (χ2v) is 11.5. The highest BCUT2D eigenvalue weighted by Gasteiger charge is 2.27. The number of thioether (sulfide) groups is 1. The van der Waals surface area contributed by atoms with Crippen molar-refractivity contribution in [3.8, 4) is 5.75 Å². The number of ether oxygens (including phenoxy) is 1. The van der Waals surface area contributed by atoms with E-state index in [9.17, 15) is 13.2 Å². The summed E-state index contributed by atoms with van der Waals surface area (Å²) in [5.41, 5.74) is 1.27. The molecule has 0 aliphatic heterocycles. The molecule has 1 amide bonds. The minimum absolute atomic E-state index is 0.0666. The van der Waals surface area contributed by atoms with E-state index in [4.69, 9.17) is 39.5 Å². The molecule has 35 heavy (non-hydrogen) atoms. The Morgan fingerprint density at radius 3 is 2.37 bits per heavy atom. The van der Waals surface area contributed by atoms with Crippen molar-refractivity contribution in [2.24, 2.45) is 0 Å². The summed E-state index contributed by atoms with van der Waals surface area (Å²) in [5.74, 6) is 1.29. The number of rotatable bonds is 11. The maximum atomic E-state index is 13.4. The molecule has 0 atom stereocenters. The van der Waals surface area contributed by atoms with Crippen molar-refractivity contribution in [1.29, 1.82) is 0 Å². The van der Waals surface area contributed by atoms with E-state index in [2.05, 4.69) is 5.32 Å². The lowest BCUT2D eigenvalue weighted by molar-refractivity contribution is -0.119. The van der Waals surface area contributed by atoms with Crippen molar-refractivity contribution in [1.82, 2.24) is 5.32 Å². The van der Waals surface area contributed by atoms with Crippen LogP contribution in [-0.4, -0.2) is 40.3 Å². The highest BCUT2D eigenvalue weighted by Crippen LogP contribution is 2.32. The Labute approximate surface area is 224 Å². The van der Waals surface area contributed by atoms with Gasteiger partial charge in [0.15, 0.2) is 0 Å². The maximum absolute atomic E-state index is 13.4. The van der Waals surface area contributed by atoms with Crippen molar-refractivity contribution in [2.75, 3.05) is 30.3 Å². The van der Waals surface area contributed by atoms with E-state index in [-0.39, 0.29) is 15.6 Å². The molecule has 0 heterocycles. The SMILES string of the molecule is COc1ccc(N(CC(=O)NCCSCc2ccc(Cl)c(Cl)c2)S(=O)(=O)c2ccccc2)cc1Cl. The van der Waals surface area contributed by atoms with Gasteiger partial charge in [0.05, 0.1) is 32.8 Å². The lowest BCUT2D eigenvalue weighted by Crippen LogP contribution is -2.41. The number of carbonyl (C=O) groups is 1. The number of nitrogens with one attached hydrogen (secondary N) is 1. The topological polar surface area (TPSA) is 75.7 Å². The van der Waals surface area contributed by atoms with E-state index in [0.29, 0.717) is 33.8 Å².